The van der Waals surface area contributed by atoms with Gasteiger partial charge in [-0.1, -0.05) is 6.07 Å². The van der Waals surface area contributed by atoms with E-state index in [-0.39, 0.29) is 12.5 Å². The van der Waals surface area contributed by atoms with E-state index in [1.807, 2.05) is 18.2 Å². The van der Waals surface area contributed by atoms with Gasteiger partial charge in [-0.2, -0.15) is 0 Å². The molecule has 5 nitrogen and oxygen atoms in total. The highest BCUT2D eigenvalue weighted by molar-refractivity contribution is 5.78. The minimum absolute atomic E-state index is 0.0444. The molecule has 3 N–H and O–H groups in total. The molecular weight excluding hydrogens is 204 g/mol. The van der Waals surface area contributed by atoms with Crippen LogP contribution in [0.4, 0.5) is 0 Å². The summed E-state index contributed by atoms with van der Waals surface area (Å²) in [6.45, 7) is 0.605. The Balaban J connectivity index is 2.17. The number of amides is 1. The van der Waals surface area contributed by atoms with E-state index >= 15 is 0 Å². The van der Waals surface area contributed by atoms with Crippen molar-refractivity contribution in [2.75, 3.05) is 13.6 Å². The van der Waals surface area contributed by atoms with Crippen molar-refractivity contribution in [1.82, 2.24) is 14.9 Å². The van der Waals surface area contributed by atoms with E-state index in [0.29, 0.717) is 6.54 Å². The Morgan fingerprint density at radius 2 is 2.38 bits per heavy atom. The summed E-state index contributed by atoms with van der Waals surface area (Å²) in [5, 5.41) is 0. The molecular formula is C11H14N4O. The Morgan fingerprint density at radius 1 is 1.56 bits per heavy atom. The van der Waals surface area contributed by atoms with Gasteiger partial charge in [0, 0.05) is 13.6 Å². The van der Waals surface area contributed by atoms with Gasteiger partial charge in [0.2, 0.25) is 5.91 Å². The summed E-state index contributed by atoms with van der Waals surface area (Å²) >= 11 is 0. The molecule has 16 heavy (non-hydrogen) atoms. The number of nitrogens with one attached hydrogen (secondary N) is 1. The predicted octanol–water partition coefficient (Wildman–Crippen LogP) is 0.480. The van der Waals surface area contributed by atoms with Gasteiger partial charge >= 0.3 is 0 Å². The zero-order valence-corrected chi connectivity index (χ0v) is 9.10. The number of hydrogen-bond acceptors (Lipinski definition) is 3. The second-order valence-electron chi connectivity index (χ2n) is 3.71. The lowest BCUT2D eigenvalue weighted by Crippen LogP contribution is -2.32. The molecule has 0 bridgehead atoms. The smallest absolute Gasteiger partial charge is 0.236 e. The zero-order chi connectivity index (χ0) is 11.5. The number of fused-ring (bicyclic) bond motifs is 1. The SMILES string of the molecule is CN(Cc1ccc2nc[nH]c2c1)C(=O)CN. The number of aromatic amines is 1. The summed E-state index contributed by atoms with van der Waals surface area (Å²) < 4.78 is 0. The molecule has 1 aromatic heterocycles. The lowest BCUT2D eigenvalue weighted by molar-refractivity contribution is -0.128. The molecule has 0 radical (unpaired) electrons. The maximum absolute atomic E-state index is 11.3. The molecule has 84 valence electrons. The third-order valence-electron chi connectivity index (χ3n) is 2.50. The Bertz CT molecular complexity index is 505. The van der Waals surface area contributed by atoms with Gasteiger partial charge < -0.3 is 15.6 Å². The van der Waals surface area contributed by atoms with E-state index in [9.17, 15) is 4.79 Å². The first-order valence-electron chi connectivity index (χ1n) is 5.07. The van der Waals surface area contributed by atoms with Gasteiger partial charge in [0.05, 0.1) is 23.9 Å². The van der Waals surface area contributed by atoms with Crippen LogP contribution in [-0.2, 0) is 11.3 Å². The lowest BCUT2D eigenvalue weighted by atomic mass is 10.2. The summed E-state index contributed by atoms with van der Waals surface area (Å²) in [5.41, 5.74) is 8.26. The minimum atomic E-state index is -0.0651. The number of carbonyl (C=O) groups excluding carboxylic acids is 1. The molecule has 0 aliphatic rings. The molecule has 0 fully saturated rings. The van der Waals surface area contributed by atoms with Crippen LogP contribution >= 0.6 is 0 Å². The van der Waals surface area contributed by atoms with Crippen molar-refractivity contribution in [3.63, 3.8) is 0 Å². The van der Waals surface area contributed by atoms with Crippen molar-refractivity contribution in [1.29, 1.82) is 0 Å². The van der Waals surface area contributed by atoms with Crippen molar-refractivity contribution in [2.45, 2.75) is 6.54 Å². The van der Waals surface area contributed by atoms with Crippen molar-refractivity contribution < 1.29 is 4.79 Å². The summed E-state index contributed by atoms with van der Waals surface area (Å²) in [6.07, 6.45) is 1.66. The normalized spacial score (nSPS) is 10.6. The number of carbonyl (C=O) groups is 1. The highest BCUT2D eigenvalue weighted by Gasteiger charge is 2.07. The van der Waals surface area contributed by atoms with Crippen LogP contribution in [-0.4, -0.2) is 34.4 Å². The Kier molecular flexibility index (Phi) is 2.87. The van der Waals surface area contributed by atoms with Crippen LogP contribution in [0.3, 0.4) is 0 Å². The van der Waals surface area contributed by atoms with Crippen LogP contribution in [0.2, 0.25) is 0 Å². The fourth-order valence-electron chi connectivity index (χ4n) is 1.60. The second-order valence-corrected chi connectivity index (χ2v) is 3.71. The van der Waals surface area contributed by atoms with Gasteiger partial charge in [0.1, 0.15) is 0 Å². The zero-order valence-electron chi connectivity index (χ0n) is 9.10. The monoisotopic (exact) mass is 218 g/mol. The average Bonchev–Trinajstić information content (AvgIpc) is 2.75. The second kappa shape index (κ2) is 4.32. The van der Waals surface area contributed by atoms with E-state index in [1.54, 1.807) is 18.3 Å². The molecule has 1 aromatic carbocycles. The molecule has 1 heterocycles. The number of likely N-dealkylation sites (N-methyl/N-ethyl adjacent to an activating group) is 1. The first-order valence-corrected chi connectivity index (χ1v) is 5.07. The molecule has 0 aliphatic carbocycles. The highest BCUT2D eigenvalue weighted by atomic mass is 16.2. The van der Waals surface area contributed by atoms with Gasteiger partial charge in [-0.3, -0.25) is 4.79 Å². The molecule has 0 spiro atoms. The van der Waals surface area contributed by atoms with Crippen LogP contribution in [0.25, 0.3) is 11.0 Å². The molecule has 0 unspecified atom stereocenters. The molecule has 5 heteroatoms. The topological polar surface area (TPSA) is 75.0 Å². The summed E-state index contributed by atoms with van der Waals surface area (Å²) in [4.78, 5) is 20.1. The molecule has 0 saturated carbocycles. The largest absolute Gasteiger partial charge is 0.345 e. The lowest BCUT2D eigenvalue weighted by Gasteiger charge is -2.15. The van der Waals surface area contributed by atoms with Crippen LogP contribution in [0.15, 0.2) is 24.5 Å². The number of hydrogen-bond donors (Lipinski definition) is 2. The fraction of sp³-hybridized carbons (Fsp3) is 0.273. The minimum Gasteiger partial charge on any atom is -0.345 e. The molecule has 0 saturated heterocycles. The fourth-order valence-corrected chi connectivity index (χ4v) is 1.60. The maximum atomic E-state index is 11.3. The van der Waals surface area contributed by atoms with Crippen molar-refractivity contribution in [2.24, 2.45) is 5.73 Å². The standard InChI is InChI=1S/C11H14N4O/c1-15(11(16)5-12)6-8-2-3-9-10(4-8)14-7-13-9/h2-4,7H,5-6,12H2,1H3,(H,13,14). The quantitative estimate of drug-likeness (QED) is 0.786. The van der Waals surface area contributed by atoms with Gasteiger partial charge in [-0.05, 0) is 17.7 Å². The summed E-state index contributed by atoms with van der Waals surface area (Å²) in [5.74, 6) is -0.0651. The van der Waals surface area contributed by atoms with Crippen molar-refractivity contribution >= 4 is 16.9 Å². The van der Waals surface area contributed by atoms with E-state index in [0.717, 1.165) is 16.6 Å². The van der Waals surface area contributed by atoms with Crippen LogP contribution in [0.5, 0.6) is 0 Å². The highest BCUT2D eigenvalue weighted by Crippen LogP contribution is 2.12. The third-order valence-corrected chi connectivity index (χ3v) is 2.50. The van der Waals surface area contributed by atoms with Gasteiger partial charge in [-0.15, -0.1) is 0 Å². The predicted molar refractivity (Wildman–Crippen MR) is 61.6 cm³/mol. The first kappa shape index (κ1) is 10.6. The van der Waals surface area contributed by atoms with E-state index in [1.165, 1.54) is 0 Å². The third kappa shape index (κ3) is 2.04. The van der Waals surface area contributed by atoms with E-state index in [4.69, 9.17) is 5.73 Å². The number of H-pyrrole nitrogens is 1. The van der Waals surface area contributed by atoms with Crippen molar-refractivity contribution in [3.05, 3.63) is 30.1 Å². The van der Waals surface area contributed by atoms with Gasteiger partial charge in [0.15, 0.2) is 0 Å². The number of rotatable bonds is 3. The molecule has 0 aliphatic heterocycles. The average molecular weight is 218 g/mol. The Morgan fingerprint density at radius 3 is 3.12 bits per heavy atom. The van der Waals surface area contributed by atoms with Crippen LogP contribution < -0.4 is 5.73 Å². The number of nitrogens with zero attached hydrogens (tertiary/aromatic N) is 2. The molecule has 2 rings (SSSR count). The van der Waals surface area contributed by atoms with E-state index in [2.05, 4.69) is 9.97 Å². The molecule has 1 amide bonds. The molecule has 0 atom stereocenters. The maximum Gasteiger partial charge on any atom is 0.236 e. The number of benzene rings is 1. The summed E-state index contributed by atoms with van der Waals surface area (Å²) in [7, 11) is 1.74. The number of aromatic nitrogens is 2. The van der Waals surface area contributed by atoms with E-state index < -0.39 is 0 Å². The Hall–Kier alpha value is -1.88. The number of nitrogens with two attached hydrogens (primary N) is 1. The van der Waals surface area contributed by atoms with Gasteiger partial charge in [-0.25, -0.2) is 4.98 Å². The first-order chi connectivity index (χ1) is 7.70. The number of imidazole rings is 1. The molecule has 2 aromatic rings. The van der Waals surface area contributed by atoms with Crippen LogP contribution in [0.1, 0.15) is 5.56 Å². The Labute approximate surface area is 93.3 Å². The van der Waals surface area contributed by atoms with Crippen molar-refractivity contribution in [3.8, 4) is 0 Å². The van der Waals surface area contributed by atoms with Crippen LogP contribution in [0, 0.1) is 0 Å². The van der Waals surface area contributed by atoms with Gasteiger partial charge in [0.25, 0.3) is 0 Å². The summed E-state index contributed by atoms with van der Waals surface area (Å²) in [6, 6.07) is 5.88.